The summed E-state index contributed by atoms with van der Waals surface area (Å²) >= 11 is 0. The maximum Gasteiger partial charge on any atom is 0.337 e. The number of hydrogen-bond donors (Lipinski definition) is 1. The van der Waals surface area contributed by atoms with Crippen LogP contribution < -0.4 is 15.0 Å². The van der Waals surface area contributed by atoms with E-state index in [9.17, 15) is 14.7 Å². The topological polar surface area (TPSA) is 90.1 Å². The molecule has 0 saturated heterocycles. The van der Waals surface area contributed by atoms with Gasteiger partial charge in [-0.25, -0.2) is 9.78 Å². The van der Waals surface area contributed by atoms with Crippen molar-refractivity contribution in [1.29, 1.82) is 0 Å². The number of hydrogen-bond acceptors (Lipinski definition) is 5. The van der Waals surface area contributed by atoms with Crippen LogP contribution in [0.5, 0.6) is 11.5 Å². The molecule has 0 fully saturated rings. The number of nitrogens with zero attached hydrogens (tertiary/aromatic N) is 2. The Morgan fingerprint density at radius 1 is 1.14 bits per heavy atom. The third kappa shape index (κ3) is 2.63. The number of ether oxygens (including phenoxy) is 2. The van der Waals surface area contributed by atoms with Gasteiger partial charge in [-0.2, -0.15) is 0 Å². The van der Waals surface area contributed by atoms with Gasteiger partial charge in [0.05, 0.1) is 11.3 Å². The van der Waals surface area contributed by atoms with Crippen LogP contribution in [0.3, 0.4) is 0 Å². The van der Waals surface area contributed by atoms with E-state index in [0.29, 0.717) is 29.1 Å². The van der Waals surface area contributed by atoms with Crippen molar-refractivity contribution in [2.24, 2.45) is 0 Å². The van der Waals surface area contributed by atoms with Crippen molar-refractivity contribution in [3.05, 3.63) is 69.3 Å². The Hall–Kier alpha value is -3.61. The number of aromatic nitrogens is 2. The van der Waals surface area contributed by atoms with E-state index < -0.39 is 5.97 Å². The minimum Gasteiger partial charge on any atom is -0.478 e. The lowest BCUT2D eigenvalue weighted by molar-refractivity contribution is 0.0696. The maximum atomic E-state index is 13.0. The molecule has 1 aliphatic heterocycles. The Morgan fingerprint density at radius 3 is 2.86 bits per heavy atom. The maximum absolute atomic E-state index is 13.0. The fourth-order valence-electron chi connectivity index (χ4n) is 3.71. The van der Waals surface area contributed by atoms with Crippen LogP contribution in [0, 0.1) is 0 Å². The minimum atomic E-state index is -1.07. The molecule has 7 nitrogen and oxygen atoms in total. The lowest BCUT2D eigenvalue weighted by Gasteiger charge is -2.18. The van der Waals surface area contributed by atoms with Crippen molar-refractivity contribution in [2.75, 3.05) is 6.79 Å². The Bertz CT molecular complexity index is 1230. The molecule has 1 N–H and O–H groups in total. The zero-order chi connectivity index (χ0) is 19.3. The number of carboxylic acid groups (broad SMARTS) is 1. The van der Waals surface area contributed by atoms with Crippen molar-refractivity contribution < 1.29 is 19.4 Å². The Balaban J connectivity index is 1.65. The Morgan fingerprint density at radius 2 is 2.00 bits per heavy atom. The van der Waals surface area contributed by atoms with Crippen molar-refractivity contribution in [2.45, 2.75) is 19.3 Å². The standard InChI is InChI=1S/C21H16N2O5/c24-20-15-3-1-2-13(8-12-4-6-16-17(9-12)28-11-27-16)19(15)22-18-7-5-14(21(25)26)10-23(18)20/h4-10H,1-3,11H2,(H,25,26). The molecule has 1 aromatic carbocycles. The van der Waals surface area contributed by atoms with Gasteiger partial charge in [-0.15, -0.1) is 0 Å². The van der Waals surface area contributed by atoms with Crippen molar-refractivity contribution >= 4 is 23.3 Å². The van der Waals surface area contributed by atoms with Crippen LogP contribution in [0.4, 0.5) is 0 Å². The van der Waals surface area contributed by atoms with Gasteiger partial charge in [0.25, 0.3) is 5.56 Å². The number of carbonyl (C=O) groups is 1. The van der Waals surface area contributed by atoms with Crippen LogP contribution in [0.25, 0.3) is 17.3 Å². The van der Waals surface area contributed by atoms with Gasteiger partial charge in [0.15, 0.2) is 11.5 Å². The molecule has 2 aliphatic rings. The van der Waals surface area contributed by atoms with E-state index in [1.807, 2.05) is 24.3 Å². The predicted molar refractivity (Wildman–Crippen MR) is 102 cm³/mol. The second-order valence-electron chi connectivity index (χ2n) is 6.83. The van der Waals surface area contributed by atoms with Crippen LogP contribution in [0.2, 0.25) is 0 Å². The first-order chi connectivity index (χ1) is 13.6. The molecule has 0 unspecified atom stereocenters. The number of allylic oxidation sites excluding steroid dienone is 1. The van der Waals surface area contributed by atoms with Gasteiger partial charge in [-0.05, 0) is 60.7 Å². The molecule has 0 radical (unpaired) electrons. The molecule has 7 heteroatoms. The molecular weight excluding hydrogens is 360 g/mol. The fourth-order valence-corrected chi connectivity index (χ4v) is 3.71. The van der Waals surface area contributed by atoms with Crippen LogP contribution in [0.15, 0.2) is 41.3 Å². The van der Waals surface area contributed by atoms with Gasteiger partial charge in [-0.1, -0.05) is 6.07 Å². The SMILES string of the molecule is O=C(O)c1ccc2nc3c(c(=O)n2c1)CCCC3=Cc1ccc2c(c1)OCO2. The second-order valence-corrected chi connectivity index (χ2v) is 6.83. The van der Waals surface area contributed by atoms with Gasteiger partial charge in [0, 0.05) is 11.8 Å². The fraction of sp³-hybridized carbons (Fsp3) is 0.190. The molecule has 0 spiro atoms. The van der Waals surface area contributed by atoms with Gasteiger partial charge in [0.2, 0.25) is 6.79 Å². The highest BCUT2D eigenvalue weighted by Gasteiger charge is 2.21. The molecular formula is C21H16N2O5. The zero-order valence-corrected chi connectivity index (χ0v) is 14.8. The largest absolute Gasteiger partial charge is 0.478 e. The first-order valence-corrected chi connectivity index (χ1v) is 8.99. The predicted octanol–water partition coefficient (Wildman–Crippen LogP) is 3.00. The number of fused-ring (bicyclic) bond motifs is 3. The molecule has 5 rings (SSSR count). The first kappa shape index (κ1) is 16.6. The lowest BCUT2D eigenvalue weighted by Crippen LogP contribution is -2.25. The highest BCUT2D eigenvalue weighted by atomic mass is 16.7. The number of benzene rings is 1. The van der Waals surface area contributed by atoms with Gasteiger partial charge in [0.1, 0.15) is 5.65 Å². The highest BCUT2D eigenvalue weighted by Crippen LogP contribution is 2.35. The monoisotopic (exact) mass is 376 g/mol. The van der Waals surface area contributed by atoms with E-state index in [4.69, 9.17) is 9.47 Å². The summed E-state index contributed by atoms with van der Waals surface area (Å²) in [6, 6.07) is 8.76. The number of rotatable bonds is 2. The van der Waals surface area contributed by atoms with Gasteiger partial charge in [-0.3, -0.25) is 9.20 Å². The van der Waals surface area contributed by atoms with Gasteiger partial charge >= 0.3 is 5.97 Å². The van der Waals surface area contributed by atoms with E-state index in [-0.39, 0.29) is 17.9 Å². The molecule has 1 aliphatic carbocycles. The van der Waals surface area contributed by atoms with Crippen LogP contribution in [-0.4, -0.2) is 27.3 Å². The Labute approximate surface area is 159 Å². The zero-order valence-electron chi connectivity index (χ0n) is 14.8. The average molecular weight is 376 g/mol. The van der Waals surface area contributed by atoms with Crippen molar-refractivity contribution in [3.63, 3.8) is 0 Å². The molecule has 140 valence electrons. The van der Waals surface area contributed by atoms with Crippen molar-refractivity contribution in [3.8, 4) is 11.5 Å². The Kier molecular flexibility index (Phi) is 3.68. The summed E-state index contributed by atoms with van der Waals surface area (Å²) in [4.78, 5) is 28.9. The van der Waals surface area contributed by atoms with Crippen molar-refractivity contribution in [1.82, 2.24) is 9.38 Å². The van der Waals surface area contributed by atoms with Crippen LogP contribution in [-0.2, 0) is 6.42 Å². The number of aromatic carboxylic acids is 1. The number of carboxylic acids is 1. The summed E-state index contributed by atoms with van der Waals surface area (Å²) in [7, 11) is 0. The molecule has 3 heterocycles. The average Bonchev–Trinajstić information content (AvgIpc) is 3.16. The summed E-state index contributed by atoms with van der Waals surface area (Å²) in [5.74, 6) is 0.357. The van der Waals surface area contributed by atoms with E-state index in [2.05, 4.69) is 4.98 Å². The lowest BCUT2D eigenvalue weighted by atomic mass is 9.90. The molecule has 28 heavy (non-hydrogen) atoms. The molecule has 2 aromatic heterocycles. The quantitative estimate of drug-likeness (QED) is 0.739. The molecule has 0 saturated carbocycles. The van der Waals surface area contributed by atoms with Crippen LogP contribution in [0.1, 0.15) is 40.0 Å². The summed E-state index contributed by atoms with van der Waals surface area (Å²) < 4.78 is 12.1. The summed E-state index contributed by atoms with van der Waals surface area (Å²) in [6.45, 7) is 0.223. The molecule has 3 aromatic rings. The van der Waals surface area contributed by atoms with E-state index in [1.54, 1.807) is 6.07 Å². The normalized spacial score (nSPS) is 16.4. The summed E-state index contributed by atoms with van der Waals surface area (Å²) in [6.07, 6.45) is 5.64. The minimum absolute atomic E-state index is 0.0586. The van der Waals surface area contributed by atoms with E-state index in [0.717, 1.165) is 29.7 Å². The highest BCUT2D eigenvalue weighted by molar-refractivity contribution is 5.88. The van der Waals surface area contributed by atoms with Gasteiger partial charge < -0.3 is 14.6 Å². The summed E-state index contributed by atoms with van der Waals surface area (Å²) in [5.41, 5.74) is 3.54. The molecule has 0 bridgehead atoms. The van der Waals surface area contributed by atoms with Crippen LogP contribution >= 0.6 is 0 Å². The third-order valence-electron chi connectivity index (χ3n) is 5.08. The third-order valence-corrected chi connectivity index (χ3v) is 5.08. The second kappa shape index (κ2) is 6.23. The van der Waals surface area contributed by atoms with E-state index in [1.165, 1.54) is 16.7 Å². The van der Waals surface area contributed by atoms with E-state index >= 15 is 0 Å². The summed E-state index contributed by atoms with van der Waals surface area (Å²) in [5, 5.41) is 9.18. The number of pyridine rings is 1. The molecule has 0 amide bonds. The first-order valence-electron chi connectivity index (χ1n) is 8.99. The molecule has 0 atom stereocenters. The smallest absolute Gasteiger partial charge is 0.337 e.